The Hall–Kier alpha value is -1.60. The maximum absolute atomic E-state index is 12.2. The zero-order chi connectivity index (χ0) is 13.8. The Bertz CT molecular complexity index is 582. The molecule has 19 heavy (non-hydrogen) atoms. The Kier molecular flexibility index (Phi) is 4.39. The fourth-order valence-electron chi connectivity index (χ4n) is 2.24. The summed E-state index contributed by atoms with van der Waals surface area (Å²) in [5.74, 6) is 0.200. The van der Waals surface area contributed by atoms with Crippen LogP contribution in [0.2, 0.25) is 5.02 Å². The largest absolute Gasteiger partial charge is 0.299 e. The van der Waals surface area contributed by atoms with E-state index >= 15 is 0 Å². The molecule has 0 unspecified atom stereocenters. The van der Waals surface area contributed by atoms with Crippen molar-refractivity contribution >= 4 is 17.4 Å². The number of hydrogen-bond acceptors (Lipinski definition) is 1. The standard InChI is InChI=1S/C17H17ClO/c1-12-6-5-7-13(2)16(12)11-15(19)10-14-8-3-4-9-17(14)18/h3-9H,10-11H2,1-2H3. The van der Waals surface area contributed by atoms with Crippen molar-refractivity contribution in [1.82, 2.24) is 0 Å². The molecule has 2 aromatic carbocycles. The van der Waals surface area contributed by atoms with Gasteiger partial charge in [-0.05, 0) is 42.2 Å². The predicted octanol–water partition coefficient (Wildman–Crippen LogP) is 4.31. The molecule has 2 aromatic rings. The van der Waals surface area contributed by atoms with Crippen LogP contribution in [0, 0.1) is 13.8 Å². The quantitative estimate of drug-likeness (QED) is 0.810. The van der Waals surface area contributed by atoms with E-state index in [1.165, 1.54) is 11.1 Å². The number of aryl methyl sites for hydroxylation is 2. The summed E-state index contributed by atoms with van der Waals surface area (Å²) in [6.45, 7) is 4.09. The predicted molar refractivity (Wildman–Crippen MR) is 79.8 cm³/mol. The lowest BCUT2D eigenvalue weighted by atomic mass is 9.96. The number of carbonyl (C=O) groups is 1. The first-order valence-electron chi connectivity index (χ1n) is 6.38. The van der Waals surface area contributed by atoms with E-state index in [2.05, 4.69) is 0 Å². The third-order valence-electron chi connectivity index (χ3n) is 3.36. The Labute approximate surface area is 119 Å². The van der Waals surface area contributed by atoms with Gasteiger partial charge in [-0.2, -0.15) is 0 Å². The minimum atomic E-state index is 0.200. The van der Waals surface area contributed by atoms with Gasteiger partial charge in [-0.3, -0.25) is 4.79 Å². The number of rotatable bonds is 4. The van der Waals surface area contributed by atoms with E-state index in [9.17, 15) is 4.79 Å². The maximum atomic E-state index is 12.2. The molecule has 1 nitrogen and oxygen atoms in total. The first kappa shape index (κ1) is 13.8. The summed E-state index contributed by atoms with van der Waals surface area (Å²) in [5, 5.41) is 0.664. The Morgan fingerprint density at radius 1 is 0.947 bits per heavy atom. The fraction of sp³-hybridized carbons (Fsp3) is 0.235. The highest BCUT2D eigenvalue weighted by atomic mass is 35.5. The number of benzene rings is 2. The monoisotopic (exact) mass is 272 g/mol. The van der Waals surface area contributed by atoms with Crippen LogP contribution < -0.4 is 0 Å². The summed E-state index contributed by atoms with van der Waals surface area (Å²) in [4.78, 5) is 12.2. The molecule has 0 aromatic heterocycles. The van der Waals surface area contributed by atoms with Gasteiger partial charge in [-0.1, -0.05) is 48.0 Å². The van der Waals surface area contributed by atoms with Gasteiger partial charge in [0, 0.05) is 17.9 Å². The third-order valence-corrected chi connectivity index (χ3v) is 3.73. The van der Waals surface area contributed by atoms with E-state index in [1.54, 1.807) is 0 Å². The van der Waals surface area contributed by atoms with Gasteiger partial charge >= 0.3 is 0 Å². The minimum Gasteiger partial charge on any atom is -0.299 e. The average molecular weight is 273 g/mol. The number of halogens is 1. The number of Topliss-reactive ketones (excluding diaryl/α,β-unsaturated/α-hetero) is 1. The minimum absolute atomic E-state index is 0.200. The molecule has 0 aliphatic heterocycles. The molecule has 0 fully saturated rings. The van der Waals surface area contributed by atoms with E-state index in [4.69, 9.17) is 11.6 Å². The molecule has 2 rings (SSSR count). The van der Waals surface area contributed by atoms with Crippen molar-refractivity contribution < 1.29 is 4.79 Å². The Morgan fingerprint density at radius 3 is 2.21 bits per heavy atom. The molecular weight excluding hydrogens is 256 g/mol. The Morgan fingerprint density at radius 2 is 1.58 bits per heavy atom. The summed E-state index contributed by atoms with van der Waals surface area (Å²) in [6.07, 6.45) is 0.872. The van der Waals surface area contributed by atoms with Gasteiger partial charge in [0.25, 0.3) is 0 Å². The van der Waals surface area contributed by atoms with E-state index in [0.29, 0.717) is 17.9 Å². The molecule has 0 spiro atoms. The summed E-state index contributed by atoms with van der Waals surface area (Å²) in [5.41, 5.74) is 4.39. The number of carbonyl (C=O) groups excluding carboxylic acids is 1. The SMILES string of the molecule is Cc1cccc(C)c1CC(=O)Cc1ccccc1Cl. The summed E-state index contributed by atoms with van der Waals surface area (Å²) in [7, 11) is 0. The second kappa shape index (κ2) is 6.03. The molecular formula is C17H17ClO. The first-order chi connectivity index (χ1) is 9.08. The van der Waals surface area contributed by atoms with Crippen LogP contribution in [0.4, 0.5) is 0 Å². The van der Waals surface area contributed by atoms with Gasteiger partial charge in [-0.25, -0.2) is 0 Å². The number of hydrogen-bond donors (Lipinski definition) is 0. The molecule has 0 saturated heterocycles. The zero-order valence-electron chi connectivity index (χ0n) is 11.2. The molecule has 0 amide bonds. The van der Waals surface area contributed by atoms with Crippen LogP contribution in [0.3, 0.4) is 0 Å². The van der Waals surface area contributed by atoms with E-state index in [1.807, 2.05) is 56.3 Å². The molecule has 0 aliphatic rings. The van der Waals surface area contributed by atoms with E-state index in [-0.39, 0.29) is 5.78 Å². The van der Waals surface area contributed by atoms with Crippen LogP contribution >= 0.6 is 11.6 Å². The normalized spacial score (nSPS) is 10.5. The van der Waals surface area contributed by atoms with E-state index < -0.39 is 0 Å². The molecule has 0 N–H and O–H groups in total. The van der Waals surface area contributed by atoms with Crippen molar-refractivity contribution in [2.75, 3.05) is 0 Å². The van der Waals surface area contributed by atoms with Gasteiger partial charge in [-0.15, -0.1) is 0 Å². The van der Waals surface area contributed by atoms with Crippen LogP contribution in [0.15, 0.2) is 42.5 Å². The summed E-state index contributed by atoms with van der Waals surface area (Å²) in [6, 6.07) is 13.6. The van der Waals surface area contributed by atoms with Crippen molar-refractivity contribution in [3.05, 3.63) is 69.7 Å². The van der Waals surface area contributed by atoms with Crippen molar-refractivity contribution in [3.8, 4) is 0 Å². The smallest absolute Gasteiger partial charge is 0.141 e. The van der Waals surface area contributed by atoms with Crippen LogP contribution in [0.5, 0.6) is 0 Å². The van der Waals surface area contributed by atoms with Crippen LogP contribution in [-0.2, 0) is 17.6 Å². The van der Waals surface area contributed by atoms with Gasteiger partial charge in [0.2, 0.25) is 0 Å². The molecule has 0 saturated carbocycles. The molecule has 0 atom stereocenters. The van der Waals surface area contributed by atoms with Crippen molar-refractivity contribution in [1.29, 1.82) is 0 Å². The average Bonchev–Trinajstić information content (AvgIpc) is 2.37. The van der Waals surface area contributed by atoms with Gasteiger partial charge in [0.1, 0.15) is 5.78 Å². The second-order valence-electron chi connectivity index (χ2n) is 4.85. The van der Waals surface area contributed by atoms with Crippen LogP contribution in [0.1, 0.15) is 22.3 Å². The molecule has 0 bridgehead atoms. The van der Waals surface area contributed by atoms with Crippen molar-refractivity contribution in [2.45, 2.75) is 26.7 Å². The Balaban J connectivity index is 2.12. The highest BCUT2D eigenvalue weighted by Crippen LogP contribution is 2.18. The molecule has 0 heterocycles. The van der Waals surface area contributed by atoms with Crippen molar-refractivity contribution in [2.24, 2.45) is 0 Å². The third kappa shape index (κ3) is 3.45. The zero-order valence-corrected chi connectivity index (χ0v) is 12.0. The fourth-order valence-corrected chi connectivity index (χ4v) is 2.44. The molecule has 98 valence electrons. The lowest BCUT2D eigenvalue weighted by molar-refractivity contribution is -0.117. The topological polar surface area (TPSA) is 17.1 Å². The molecule has 2 heteroatoms. The van der Waals surface area contributed by atoms with Gasteiger partial charge in [0.15, 0.2) is 0 Å². The van der Waals surface area contributed by atoms with Gasteiger partial charge in [0.05, 0.1) is 0 Å². The van der Waals surface area contributed by atoms with Crippen molar-refractivity contribution in [3.63, 3.8) is 0 Å². The van der Waals surface area contributed by atoms with Gasteiger partial charge < -0.3 is 0 Å². The second-order valence-corrected chi connectivity index (χ2v) is 5.26. The highest BCUT2D eigenvalue weighted by molar-refractivity contribution is 6.31. The number of ketones is 1. The first-order valence-corrected chi connectivity index (χ1v) is 6.76. The summed E-state index contributed by atoms with van der Waals surface area (Å²) < 4.78 is 0. The van der Waals surface area contributed by atoms with E-state index in [0.717, 1.165) is 11.1 Å². The lowest BCUT2D eigenvalue weighted by Gasteiger charge is -2.09. The molecule has 0 aliphatic carbocycles. The van der Waals surface area contributed by atoms with Crippen LogP contribution in [-0.4, -0.2) is 5.78 Å². The lowest BCUT2D eigenvalue weighted by Crippen LogP contribution is -2.09. The maximum Gasteiger partial charge on any atom is 0.141 e. The highest BCUT2D eigenvalue weighted by Gasteiger charge is 2.10. The van der Waals surface area contributed by atoms with Crippen LogP contribution in [0.25, 0.3) is 0 Å². The molecule has 0 radical (unpaired) electrons. The summed E-state index contributed by atoms with van der Waals surface area (Å²) >= 11 is 6.08.